The number of ether oxygens (including phenoxy) is 1. The number of rotatable bonds is 2. The van der Waals surface area contributed by atoms with E-state index in [9.17, 15) is 9.59 Å². The van der Waals surface area contributed by atoms with Crippen molar-refractivity contribution in [3.63, 3.8) is 0 Å². The zero-order valence-corrected chi connectivity index (χ0v) is 11.5. The monoisotopic (exact) mass is 291 g/mol. The van der Waals surface area contributed by atoms with E-state index >= 15 is 0 Å². The van der Waals surface area contributed by atoms with E-state index in [4.69, 9.17) is 9.84 Å². The first-order valence-electron chi connectivity index (χ1n) is 7.03. The number of morpholine rings is 1. The summed E-state index contributed by atoms with van der Waals surface area (Å²) in [6, 6.07) is 1.30. The summed E-state index contributed by atoms with van der Waals surface area (Å²) in [5.74, 6) is -1.07. The molecule has 1 saturated heterocycles. The predicted molar refractivity (Wildman–Crippen MR) is 74.3 cm³/mol. The number of aromatic carboxylic acids is 1. The molecule has 2 heterocycles. The number of nitrogens with one attached hydrogen (secondary N) is 1. The first-order chi connectivity index (χ1) is 10.1. The Kier molecular flexibility index (Phi) is 3.74. The van der Waals surface area contributed by atoms with Crippen molar-refractivity contribution in [2.24, 2.45) is 0 Å². The number of aromatic nitrogens is 1. The highest BCUT2D eigenvalue weighted by molar-refractivity contribution is 5.92. The van der Waals surface area contributed by atoms with Crippen LogP contribution in [-0.4, -0.2) is 52.3 Å². The SMILES string of the molecule is O=C(O)c1cncc(NC(=O)N2CCOC3CCCC32)c1. The molecule has 2 atom stereocenters. The predicted octanol–water partition coefficient (Wildman–Crippen LogP) is 1.56. The minimum atomic E-state index is -1.07. The molecule has 21 heavy (non-hydrogen) atoms. The summed E-state index contributed by atoms with van der Waals surface area (Å²) >= 11 is 0. The molecule has 0 spiro atoms. The van der Waals surface area contributed by atoms with Crippen LogP contribution < -0.4 is 5.32 Å². The largest absolute Gasteiger partial charge is 0.478 e. The maximum atomic E-state index is 12.4. The number of hydrogen-bond donors (Lipinski definition) is 2. The van der Waals surface area contributed by atoms with Gasteiger partial charge in [0.1, 0.15) is 0 Å². The fourth-order valence-corrected chi connectivity index (χ4v) is 3.00. The Morgan fingerprint density at radius 1 is 1.38 bits per heavy atom. The molecule has 1 aliphatic heterocycles. The average Bonchev–Trinajstić information content (AvgIpc) is 2.95. The second kappa shape index (κ2) is 5.69. The van der Waals surface area contributed by atoms with Crippen molar-refractivity contribution in [2.75, 3.05) is 18.5 Å². The second-order valence-corrected chi connectivity index (χ2v) is 5.30. The maximum absolute atomic E-state index is 12.4. The van der Waals surface area contributed by atoms with Crippen LogP contribution in [0.15, 0.2) is 18.5 Å². The number of nitrogens with zero attached hydrogens (tertiary/aromatic N) is 2. The Hall–Kier alpha value is -2.15. The molecule has 1 saturated carbocycles. The molecule has 2 unspecified atom stereocenters. The van der Waals surface area contributed by atoms with Gasteiger partial charge >= 0.3 is 12.0 Å². The quantitative estimate of drug-likeness (QED) is 0.863. The lowest BCUT2D eigenvalue weighted by Crippen LogP contribution is -2.52. The molecule has 0 radical (unpaired) electrons. The van der Waals surface area contributed by atoms with Crippen molar-refractivity contribution in [3.8, 4) is 0 Å². The summed E-state index contributed by atoms with van der Waals surface area (Å²) in [5.41, 5.74) is 0.439. The molecule has 2 amide bonds. The lowest BCUT2D eigenvalue weighted by molar-refractivity contribution is -0.0362. The van der Waals surface area contributed by atoms with E-state index in [1.165, 1.54) is 18.5 Å². The number of hydrogen-bond acceptors (Lipinski definition) is 4. The van der Waals surface area contributed by atoms with E-state index in [0.717, 1.165) is 19.3 Å². The van der Waals surface area contributed by atoms with E-state index in [0.29, 0.717) is 18.8 Å². The van der Waals surface area contributed by atoms with Crippen molar-refractivity contribution >= 4 is 17.7 Å². The zero-order valence-electron chi connectivity index (χ0n) is 11.5. The first-order valence-corrected chi connectivity index (χ1v) is 7.03. The number of carboxylic acid groups (broad SMARTS) is 1. The number of pyridine rings is 1. The Morgan fingerprint density at radius 3 is 3.05 bits per heavy atom. The maximum Gasteiger partial charge on any atom is 0.337 e. The summed E-state index contributed by atoms with van der Waals surface area (Å²) in [5, 5.41) is 11.7. The van der Waals surface area contributed by atoms with E-state index in [2.05, 4.69) is 10.3 Å². The van der Waals surface area contributed by atoms with Crippen molar-refractivity contribution < 1.29 is 19.4 Å². The van der Waals surface area contributed by atoms with Crippen LogP contribution in [0, 0.1) is 0 Å². The Labute approximate surface area is 121 Å². The summed E-state index contributed by atoms with van der Waals surface area (Å²) in [7, 11) is 0. The smallest absolute Gasteiger partial charge is 0.337 e. The molecule has 3 rings (SSSR count). The van der Waals surface area contributed by atoms with Crippen LogP contribution in [0.25, 0.3) is 0 Å². The lowest BCUT2D eigenvalue weighted by Gasteiger charge is -2.37. The van der Waals surface area contributed by atoms with Gasteiger partial charge in [-0.25, -0.2) is 9.59 Å². The average molecular weight is 291 g/mol. The standard InChI is InChI=1S/C14H17N3O4/c18-13(19)9-6-10(8-15-7-9)16-14(20)17-4-5-21-12-3-1-2-11(12)17/h6-8,11-12H,1-5H2,(H,16,20)(H,18,19). The molecule has 0 aromatic carbocycles. The van der Waals surface area contributed by atoms with Gasteiger partial charge in [0.2, 0.25) is 0 Å². The zero-order chi connectivity index (χ0) is 14.8. The second-order valence-electron chi connectivity index (χ2n) is 5.30. The molecule has 2 fully saturated rings. The highest BCUT2D eigenvalue weighted by Crippen LogP contribution is 2.30. The van der Waals surface area contributed by atoms with Crippen LogP contribution in [0.5, 0.6) is 0 Å². The van der Waals surface area contributed by atoms with Crippen LogP contribution in [0.3, 0.4) is 0 Å². The van der Waals surface area contributed by atoms with Gasteiger partial charge in [0, 0.05) is 12.7 Å². The summed E-state index contributed by atoms with van der Waals surface area (Å²) in [4.78, 5) is 28.9. The number of carbonyl (C=O) groups is 2. The van der Waals surface area contributed by atoms with Crippen LogP contribution in [0.1, 0.15) is 29.6 Å². The third-order valence-corrected chi connectivity index (χ3v) is 3.98. The fourth-order valence-electron chi connectivity index (χ4n) is 3.00. The first kappa shape index (κ1) is 13.8. The number of carbonyl (C=O) groups excluding carboxylic acids is 1. The Bertz CT molecular complexity index is 563. The Balaban J connectivity index is 1.71. The van der Waals surface area contributed by atoms with Gasteiger partial charge in [-0.15, -0.1) is 0 Å². The van der Waals surface area contributed by atoms with Crippen molar-refractivity contribution in [2.45, 2.75) is 31.4 Å². The van der Waals surface area contributed by atoms with E-state index in [1.54, 1.807) is 4.90 Å². The molecule has 7 heteroatoms. The minimum Gasteiger partial charge on any atom is -0.478 e. The van der Waals surface area contributed by atoms with Crippen molar-refractivity contribution in [1.82, 2.24) is 9.88 Å². The van der Waals surface area contributed by atoms with Crippen molar-refractivity contribution in [1.29, 1.82) is 0 Å². The molecule has 0 bridgehead atoms. The molecule has 2 N–H and O–H groups in total. The fraction of sp³-hybridized carbons (Fsp3) is 0.500. The molecule has 112 valence electrons. The number of urea groups is 1. The highest BCUT2D eigenvalue weighted by atomic mass is 16.5. The van der Waals surface area contributed by atoms with E-state index in [1.807, 2.05) is 0 Å². The van der Waals surface area contributed by atoms with E-state index < -0.39 is 5.97 Å². The number of anilines is 1. The summed E-state index contributed by atoms with van der Waals surface area (Å²) in [6.45, 7) is 1.10. The van der Waals surface area contributed by atoms with Gasteiger partial charge in [-0.1, -0.05) is 0 Å². The summed E-state index contributed by atoms with van der Waals surface area (Å²) in [6.07, 6.45) is 5.83. The topological polar surface area (TPSA) is 91.8 Å². The van der Waals surface area contributed by atoms with Gasteiger partial charge in [-0.05, 0) is 25.3 Å². The van der Waals surface area contributed by atoms with Crippen LogP contribution in [0.2, 0.25) is 0 Å². The molecule has 1 aliphatic carbocycles. The third-order valence-electron chi connectivity index (χ3n) is 3.98. The van der Waals surface area contributed by atoms with Gasteiger partial charge in [-0.2, -0.15) is 0 Å². The van der Waals surface area contributed by atoms with Gasteiger partial charge in [0.05, 0.1) is 36.2 Å². The minimum absolute atomic E-state index is 0.0496. The molecule has 1 aromatic rings. The van der Waals surface area contributed by atoms with Gasteiger partial charge in [0.15, 0.2) is 0 Å². The van der Waals surface area contributed by atoms with Gasteiger partial charge < -0.3 is 20.1 Å². The summed E-state index contributed by atoms with van der Waals surface area (Å²) < 4.78 is 5.67. The number of amides is 2. The van der Waals surface area contributed by atoms with Crippen LogP contribution >= 0.6 is 0 Å². The number of carboxylic acids is 1. The number of fused-ring (bicyclic) bond motifs is 1. The molecule has 1 aromatic heterocycles. The molecule has 7 nitrogen and oxygen atoms in total. The normalized spacial score (nSPS) is 24.5. The van der Waals surface area contributed by atoms with Crippen LogP contribution in [-0.2, 0) is 4.74 Å². The van der Waals surface area contributed by atoms with Crippen LogP contribution in [0.4, 0.5) is 10.5 Å². The molecular weight excluding hydrogens is 274 g/mol. The van der Waals surface area contributed by atoms with Gasteiger partial charge in [0.25, 0.3) is 0 Å². The molecular formula is C14H17N3O4. The highest BCUT2D eigenvalue weighted by Gasteiger charge is 2.38. The van der Waals surface area contributed by atoms with Crippen molar-refractivity contribution in [3.05, 3.63) is 24.0 Å². The molecule has 2 aliphatic rings. The lowest BCUT2D eigenvalue weighted by atomic mass is 10.1. The van der Waals surface area contributed by atoms with E-state index in [-0.39, 0.29) is 23.7 Å². The van der Waals surface area contributed by atoms with Gasteiger partial charge in [-0.3, -0.25) is 4.98 Å². The third kappa shape index (κ3) is 2.82. The Morgan fingerprint density at radius 2 is 2.24 bits per heavy atom.